The Balaban J connectivity index is 1.80. The van der Waals surface area contributed by atoms with Gasteiger partial charge in [-0.1, -0.05) is 38.5 Å². The Morgan fingerprint density at radius 1 is 1.20 bits per heavy atom. The van der Waals surface area contributed by atoms with Crippen molar-refractivity contribution >= 4 is 0 Å². The van der Waals surface area contributed by atoms with Gasteiger partial charge >= 0.3 is 0 Å². The summed E-state index contributed by atoms with van der Waals surface area (Å²) in [6.45, 7) is 8.03. The van der Waals surface area contributed by atoms with Gasteiger partial charge in [0.2, 0.25) is 0 Å². The predicted octanol–water partition coefficient (Wildman–Crippen LogP) is 3.89. The molecule has 3 rings (SSSR count). The van der Waals surface area contributed by atoms with Crippen LogP contribution in [0.15, 0.2) is 24.3 Å². The van der Waals surface area contributed by atoms with Crippen LogP contribution in [0.2, 0.25) is 0 Å². The molecule has 110 valence electrons. The van der Waals surface area contributed by atoms with Crippen molar-refractivity contribution in [3.8, 4) is 5.75 Å². The van der Waals surface area contributed by atoms with E-state index >= 15 is 0 Å². The van der Waals surface area contributed by atoms with Gasteiger partial charge in [0.25, 0.3) is 0 Å². The largest absolute Gasteiger partial charge is 0.486 e. The lowest BCUT2D eigenvalue weighted by Gasteiger charge is -2.42. The normalized spacial score (nSPS) is 28.6. The van der Waals surface area contributed by atoms with Crippen LogP contribution in [0.1, 0.15) is 45.1 Å². The maximum absolute atomic E-state index is 6.51. The number of hydrogen-bond donors (Lipinski definition) is 0. The molecule has 1 spiro atoms. The second-order valence-electron chi connectivity index (χ2n) is 6.38. The Bertz CT molecular complexity index is 427. The fourth-order valence-electron chi connectivity index (χ4n) is 4.03. The lowest BCUT2D eigenvalue weighted by molar-refractivity contribution is -0.0192. The van der Waals surface area contributed by atoms with Gasteiger partial charge in [0.1, 0.15) is 11.4 Å². The van der Waals surface area contributed by atoms with E-state index in [1.54, 1.807) is 0 Å². The number of ether oxygens (including phenoxy) is 1. The van der Waals surface area contributed by atoms with Gasteiger partial charge in [0.05, 0.1) is 0 Å². The lowest BCUT2D eigenvalue weighted by Crippen LogP contribution is -2.49. The molecule has 0 amide bonds. The number of benzene rings is 1. The second-order valence-corrected chi connectivity index (χ2v) is 6.38. The van der Waals surface area contributed by atoms with E-state index in [2.05, 4.69) is 43.0 Å². The van der Waals surface area contributed by atoms with Crippen LogP contribution in [0.25, 0.3) is 0 Å². The summed E-state index contributed by atoms with van der Waals surface area (Å²) in [5.41, 5.74) is 1.50. The Morgan fingerprint density at radius 3 is 2.75 bits per heavy atom. The topological polar surface area (TPSA) is 12.5 Å². The maximum atomic E-state index is 6.51. The average Bonchev–Trinajstić information content (AvgIpc) is 2.85. The maximum Gasteiger partial charge on any atom is 0.123 e. The van der Waals surface area contributed by atoms with E-state index in [4.69, 9.17) is 4.74 Å². The van der Waals surface area contributed by atoms with Crippen LogP contribution in [0.4, 0.5) is 0 Å². The zero-order chi connectivity index (χ0) is 14.0. The highest BCUT2D eigenvalue weighted by molar-refractivity contribution is 5.39. The fraction of sp³-hybridized carbons (Fsp3) is 0.667. The molecule has 2 nitrogen and oxygen atoms in total. The third-order valence-corrected chi connectivity index (χ3v) is 5.30. The molecule has 1 fully saturated rings. The highest BCUT2D eigenvalue weighted by atomic mass is 16.5. The van der Waals surface area contributed by atoms with Crippen molar-refractivity contribution in [2.24, 2.45) is 5.92 Å². The van der Waals surface area contributed by atoms with Gasteiger partial charge in [-0.25, -0.2) is 0 Å². The summed E-state index contributed by atoms with van der Waals surface area (Å²) in [4.78, 5) is 2.56. The zero-order valence-corrected chi connectivity index (χ0v) is 12.9. The van der Waals surface area contributed by atoms with Crippen LogP contribution in [0.3, 0.4) is 0 Å². The molecule has 2 aliphatic rings. The summed E-state index contributed by atoms with van der Waals surface area (Å²) < 4.78 is 6.51. The first-order valence-corrected chi connectivity index (χ1v) is 8.26. The standard InChI is InChI=1S/C18H27NO/c1-3-19(4-2)14-16-10-7-8-12-18(16)13-15-9-5-6-11-17(15)20-18/h5-6,9,11,16H,3-4,7-8,10,12-14H2,1-2H3/t16?,18-/m1/s1. The minimum atomic E-state index is 0.0878. The van der Waals surface area contributed by atoms with E-state index in [1.807, 2.05) is 0 Å². The quantitative estimate of drug-likeness (QED) is 0.825. The number of fused-ring (bicyclic) bond motifs is 1. The van der Waals surface area contributed by atoms with Gasteiger partial charge < -0.3 is 9.64 Å². The molecular weight excluding hydrogens is 246 g/mol. The van der Waals surface area contributed by atoms with Crippen LogP contribution in [0.5, 0.6) is 5.75 Å². The summed E-state index contributed by atoms with van der Waals surface area (Å²) in [5, 5.41) is 0. The van der Waals surface area contributed by atoms with Crippen LogP contribution < -0.4 is 4.74 Å². The average molecular weight is 273 g/mol. The van der Waals surface area contributed by atoms with E-state index in [0.29, 0.717) is 5.92 Å². The minimum Gasteiger partial charge on any atom is -0.486 e. The molecule has 0 aromatic heterocycles. The Hall–Kier alpha value is -1.02. The third kappa shape index (κ3) is 2.46. The first kappa shape index (κ1) is 13.9. The SMILES string of the molecule is CCN(CC)CC1CCCC[C@@]12Cc1ccccc1O2. The van der Waals surface area contributed by atoms with E-state index in [9.17, 15) is 0 Å². The molecule has 1 aliphatic carbocycles. The summed E-state index contributed by atoms with van der Waals surface area (Å²) >= 11 is 0. The molecular formula is C18H27NO. The first-order chi connectivity index (χ1) is 9.77. The van der Waals surface area contributed by atoms with Gasteiger partial charge in [-0.2, -0.15) is 0 Å². The van der Waals surface area contributed by atoms with E-state index in [1.165, 1.54) is 37.8 Å². The van der Waals surface area contributed by atoms with Crippen molar-refractivity contribution in [2.45, 2.75) is 51.6 Å². The zero-order valence-electron chi connectivity index (χ0n) is 12.9. The highest BCUT2D eigenvalue weighted by Gasteiger charge is 2.47. The first-order valence-electron chi connectivity index (χ1n) is 8.26. The van der Waals surface area contributed by atoms with Crippen molar-refractivity contribution < 1.29 is 4.74 Å². The Labute approximate surface area is 123 Å². The van der Waals surface area contributed by atoms with Crippen LogP contribution in [-0.4, -0.2) is 30.1 Å². The molecule has 2 atom stereocenters. The fourth-order valence-corrected chi connectivity index (χ4v) is 4.03. The predicted molar refractivity (Wildman–Crippen MR) is 83.3 cm³/mol. The van der Waals surface area contributed by atoms with Gasteiger partial charge in [-0.15, -0.1) is 0 Å². The number of hydrogen-bond acceptors (Lipinski definition) is 2. The van der Waals surface area contributed by atoms with E-state index < -0.39 is 0 Å². The minimum absolute atomic E-state index is 0.0878. The monoisotopic (exact) mass is 273 g/mol. The van der Waals surface area contributed by atoms with Gasteiger partial charge in [0, 0.05) is 18.9 Å². The van der Waals surface area contributed by atoms with Crippen LogP contribution in [0, 0.1) is 5.92 Å². The molecule has 1 unspecified atom stereocenters. The number of nitrogens with zero attached hydrogens (tertiary/aromatic N) is 1. The number of para-hydroxylation sites is 1. The molecule has 1 aromatic rings. The Kier molecular flexibility index (Phi) is 4.02. The van der Waals surface area contributed by atoms with E-state index in [0.717, 1.165) is 25.3 Å². The molecule has 1 saturated carbocycles. The molecule has 0 radical (unpaired) electrons. The summed E-state index contributed by atoms with van der Waals surface area (Å²) in [6.07, 6.45) is 6.36. The molecule has 0 saturated heterocycles. The van der Waals surface area contributed by atoms with Gasteiger partial charge in [-0.05, 0) is 44.0 Å². The third-order valence-electron chi connectivity index (χ3n) is 5.30. The molecule has 0 bridgehead atoms. The molecule has 20 heavy (non-hydrogen) atoms. The molecule has 1 aliphatic heterocycles. The van der Waals surface area contributed by atoms with Crippen molar-refractivity contribution in [1.29, 1.82) is 0 Å². The molecule has 1 aromatic carbocycles. The summed E-state index contributed by atoms with van der Waals surface area (Å²) in [5.74, 6) is 1.82. The smallest absolute Gasteiger partial charge is 0.123 e. The van der Waals surface area contributed by atoms with Crippen LogP contribution in [-0.2, 0) is 6.42 Å². The molecule has 0 N–H and O–H groups in total. The second kappa shape index (κ2) is 5.77. The van der Waals surface area contributed by atoms with Crippen molar-refractivity contribution in [3.05, 3.63) is 29.8 Å². The van der Waals surface area contributed by atoms with E-state index in [-0.39, 0.29) is 5.60 Å². The highest BCUT2D eigenvalue weighted by Crippen LogP contribution is 2.46. The summed E-state index contributed by atoms with van der Waals surface area (Å²) in [7, 11) is 0. The summed E-state index contributed by atoms with van der Waals surface area (Å²) in [6, 6.07) is 8.63. The molecule has 1 heterocycles. The van der Waals surface area contributed by atoms with Gasteiger partial charge in [-0.3, -0.25) is 0 Å². The van der Waals surface area contributed by atoms with Crippen molar-refractivity contribution in [3.63, 3.8) is 0 Å². The molecule has 2 heteroatoms. The van der Waals surface area contributed by atoms with Crippen molar-refractivity contribution in [1.82, 2.24) is 4.90 Å². The Morgan fingerprint density at radius 2 is 2.00 bits per heavy atom. The van der Waals surface area contributed by atoms with Crippen LogP contribution >= 0.6 is 0 Å². The lowest BCUT2D eigenvalue weighted by atomic mass is 9.73. The number of rotatable bonds is 4. The van der Waals surface area contributed by atoms with Crippen molar-refractivity contribution in [2.75, 3.05) is 19.6 Å². The van der Waals surface area contributed by atoms with Gasteiger partial charge in [0.15, 0.2) is 0 Å².